The molecule has 28 heavy (non-hydrogen) atoms. The molecule has 3 atom stereocenters. The van der Waals surface area contributed by atoms with Gasteiger partial charge in [0.15, 0.2) is 0 Å². The molecule has 1 aliphatic rings. The largest absolute Gasteiger partial charge is 0.430 e. The maximum atomic E-state index is 13.3. The Morgan fingerprint density at radius 2 is 1.89 bits per heavy atom. The summed E-state index contributed by atoms with van der Waals surface area (Å²) in [6.07, 6.45) is 1.64. The molecule has 152 valence electrons. The number of hydrogen-bond acceptors (Lipinski definition) is 3. The number of alkyl halides is 2. The van der Waals surface area contributed by atoms with Crippen molar-refractivity contribution in [2.75, 3.05) is 19.7 Å². The van der Waals surface area contributed by atoms with Gasteiger partial charge >= 0.3 is 5.85 Å². The van der Waals surface area contributed by atoms with Crippen LogP contribution in [0, 0.1) is 5.92 Å². The first-order valence-corrected chi connectivity index (χ1v) is 10.3. The van der Waals surface area contributed by atoms with Crippen molar-refractivity contribution in [1.82, 2.24) is 4.90 Å². The van der Waals surface area contributed by atoms with Crippen molar-refractivity contribution < 1.29 is 18.3 Å². The van der Waals surface area contributed by atoms with Gasteiger partial charge in [0.1, 0.15) is 5.75 Å². The van der Waals surface area contributed by atoms with Crippen LogP contribution in [-0.4, -0.2) is 36.5 Å². The SMILES string of the molecule is CCC(Cc1ccccc1OC(F)(F)P)C1CN(Cc2ccccc2)CCO1. The average molecular weight is 407 g/mol. The Labute approximate surface area is 168 Å². The third-order valence-corrected chi connectivity index (χ3v) is 5.30. The van der Waals surface area contributed by atoms with Crippen LogP contribution in [0.1, 0.15) is 24.5 Å². The minimum absolute atomic E-state index is 0.0760. The van der Waals surface area contributed by atoms with Gasteiger partial charge in [0.05, 0.1) is 12.7 Å². The van der Waals surface area contributed by atoms with Gasteiger partial charge in [-0.25, -0.2) is 0 Å². The van der Waals surface area contributed by atoms with E-state index in [-0.39, 0.29) is 17.8 Å². The summed E-state index contributed by atoms with van der Waals surface area (Å²) >= 11 is 0. The second-order valence-electron chi connectivity index (χ2n) is 7.27. The van der Waals surface area contributed by atoms with Crippen molar-refractivity contribution in [2.24, 2.45) is 5.92 Å². The Bertz CT molecular complexity index is 739. The molecular weight excluding hydrogens is 379 g/mol. The van der Waals surface area contributed by atoms with Crippen LogP contribution < -0.4 is 4.74 Å². The zero-order chi connectivity index (χ0) is 20.0. The van der Waals surface area contributed by atoms with Gasteiger partial charge < -0.3 is 9.47 Å². The minimum Gasteiger partial charge on any atom is -0.430 e. The number of rotatable bonds is 8. The lowest BCUT2D eigenvalue weighted by Crippen LogP contribution is -2.45. The second kappa shape index (κ2) is 9.78. The van der Waals surface area contributed by atoms with Gasteiger partial charge in [0.25, 0.3) is 0 Å². The van der Waals surface area contributed by atoms with E-state index >= 15 is 0 Å². The number of hydrogen-bond donors (Lipinski definition) is 0. The third-order valence-electron chi connectivity index (χ3n) is 5.18. The van der Waals surface area contributed by atoms with Crippen LogP contribution in [0.15, 0.2) is 54.6 Å². The molecule has 2 aromatic carbocycles. The highest BCUT2D eigenvalue weighted by Gasteiger charge is 2.29. The molecule has 0 aliphatic carbocycles. The standard InChI is InChI=1S/C22H28F2NO2P/c1-2-18(14-19-10-6-7-11-20(19)27-22(23,24)28)21-16-25(12-13-26-21)15-17-8-4-3-5-9-17/h3-11,18,21H,2,12-16,28H2,1H3. The Balaban J connectivity index is 1.66. The van der Waals surface area contributed by atoms with E-state index in [2.05, 4.69) is 36.1 Å². The Hall–Kier alpha value is -1.55. The number of benzene rings is 2. The first-order chi connectivity index (χ1) is 13.4. The molecule has 3 rings (SSSR count). The number of halogens is 2. The van der Waals surface area contributed by atoms with E-state index in [1.807, 2.05) is 18.2 Å². The topological polar surface area (TPSA) is 21.7 Å². The molecular formula is C22H28F2NO2P. The smallest absolute Gasteiger partial charge is 0.408 e. The molecule has 3 nitrogen and oxygen atoms in total. The molecule has 6 heteroatoms. The molecule has 0 aromatic heterocycles. The summed E-state index contributed by atoms with van der Waals surface area (Å²) in [7, 11) is 1.43. The predicted molar refractivity (Wildman–Crippen MR) is 111 cm³/mol. The Kier molecular flexibility index (Phi) is 7.39. The first-order valence-electron chi connectivity index (χ1n) is 9.76. The van der Waals surface area contributed by atoms with Crippen molar-refractivity contribution in [3.05, 3.63) is 65.7 Å². The van der Waals surface area contributed by atoms with Gasteiger partial charge in [-0.05, 0) is 38.8 Å². The molecule has 0 spiro atoms. The molecule has 0 bridgehead atoms. The summed E-state index contributed by atoms with van der Waals surface area (Å²) in [6, 6.07) is 17.4. The highest BCUT2D eigenvalue weighted by atomic mass is 31.0. The van der Waals surface area contributed by atoms with Crippen molar-refractivity contribution in [3.8, 4) is 5.75 Å². The van der Waals surface area contributed by atoms with Crippen LogP contribution in [-0.2, 0) is 17.7 Å². The molecule has 1 fully saturated rings. The fraction of sp³-hybridized carbons (Fsp3) is 0.455. The zero-order valence-electron chi connectivity index (χ0n) is 16.2. The minimum atomic E-state index is -3.27. The molecule has 1 aliphatic heterocycles. The lowest BCUT2D eigenvalue weighted by atomic mass is 9.90. The monoisotopic (exact) mass is 407 g/mol. The molecule has 1 heterocycles. The molecule has 2 aromatic rings. The molecule has 3 unspecified atom stereocenters. The van der Waals surface area contributed by atoms with E-state index in [9.17, 15) is 8.78 Å². The third kappa shape index (κ3) is 6.23. The second-order valence-corrected chi connectivity index (χ2v) is 7.95. The van der Waals surface area contributed by atoms with Gasteiger partial charge in [-0.2, -0.15) is 8.78 Å². The summed E-state index contributed by atoms with van der Waals surface area (Å²) in [5.41, 5.74) is 2.08. The van der Waals surface area contributed by atoms with Crippen molar-refractivity contribution in [3.63, 3.8) is 0 Å². The number of para-hydroxylation sites is 1. The first kappa shape index (κ1) is 21.2. The van der Waals surface area contributed by atoms with Crippen molar-refractivity contribution >= 4 is 9.24 Å². The summed E-state index contributed by atoms with van der Waals surface area (Å²) in [5, 5.41) is 0. The maximum Gasteiger partial charge on any atom is 0.408 e. The van der Waals surface area contributed by atoms with Gasteiger partial charge in [-0.3, -0.25) is 4.90 Å². The van der Waals surface area contributed by atoms with Gasteiger partial charge in [-0.15, -0.1) is 0 Å². The van der Waals surface area contributed by atoms with Crippen LogP contribution in [0.4, 0.5) is 8.78 Å². The van der Waals surface area contributed by atoms with Crippen molar-refractivity contribution in [2.45, 2.75) is 38.3 Å². The van der Waals surface area contributed by atoms with Crippen LogP contribution in [0.3, 0.4) is 0 Å². The summed E-state index contributed by atoms with van der Waals surface area (Å²) in [6.45, 7) is 5.46. The van der Waals surface area contributed by atoms with E-state index in [1.54, 1.807) is 12.1 Å². The van der Waals surface area contributed by atoms with E-state index in [0.29, 0.717) is 13.0 Å². The van der Waals surface area contributed by atoms with Crippen LogP contribution in [0.25, 0.3) is 0 Å². The highest BCUT2D eigenvalue weighted by molar-refractivity contribution is 7.17. The summed E-state index contributed by atoms with van der Waals surface area (Å²) < 4.78 is 37.6. The number of nitrogens with zero attached hydrogens (tertiary/aromatic N) is 1. The quantitative estimate of drug-likeness (QED) is 0.578. The Morgan fingerprint density at radius 3 is 2.61 bits per heavy atom. The van der Waals surface area contributed by atoms with Crippen LogP contribution in [0.5, 0.6) is 5.75 Å². The lowest BCUT2D eigenvalue weighted by Gasteiger charge is -2.37. The lowest BCUT2D eigenvalue weighted by molar-refractivity contribution is -0.0902. The summed E-state index contributed by atoms with van der Waals surface area (Å²) in [5.74, 6) is -2.80. The molecule has 1 saturated heterocycles. The van der Waals surface area contributed by atoms with Gasteiger partial charge in [-0.1, -0.05) is 61.9 Å². The summed E-state index contributed by atoms with van der Waals surface area (Å²) in [4.78, 5) is 2.41. The fourth-order valence-corrected chi connectivity index (χ4v) is 3.87. The number of ether oxygens (including phenoxy) is 2. The van der Waals surface area contributed by atoms with Crippen molar-refractivity contribution in [1.29, 1.82) is 0 Å². The Morgan fingerprint density at radius 1 is 1.18 bits per heavy atom. The van der Waals surface area contributed by atoms with Gasteiger partial charge in [0.2, 0.25) is 0 Å². The van der Waals surface area contributed by atoms with Crippen LogP contribution in [0.2, 0.25) is 0 Å². The molecule has 0 N–H and O–H groups in total. The fourth-order valence-electron chi connectivity index (χ4n) is 3.74. The van der Waals surface area contributed by atoms with Gasteiger partial charge in [0, 0.05) is 19.6 Å². The zero-order valence-corrected chi connectivity index (χ0v) is 17.3. The predicted octanol–water partition coefficient (Wildman–Crippen LogP) is 4.96. The maximum absolute atomic E-state index is 13.3. The molecule has 0 amide bonds. The van der Waals surface area contributed by atoms with E-state index < -0.39 is 5.85 Å². The van der Waals surface area contributed by atoms with Crippen LogP contribution >= 0.6 is 9.24 Å². The van der Waals surface area contributed by atoms with E-state index in [1.165, 1.54) is 14.8 Å². The molecule has 0 saturated carbocycles. The average Bonchev–Trinajstić information content (AvgIpc) is 2.67. The van der Waals surface area contributed by atoms with E-state index in [0.717, 1.165) is 31.6 Å². The normalized spacial score (nSPS) is 19.4. The molecule has 0 radical (unpaired) electrons. The highest BCUT2D eigenvalue weighted by Crippen LogP contribution is 2.32. The van der Waals surface area contributed by atoms with E-state index in [4.69, 9.17) is 9.47 Å². The number of morpholine rings is 1.